The van der Waals surface area contributed by atoms with Crippen LogP contribution in [-0.4, -0.2) is 20.9 Å². The topological polar surface area (TPSA) is 69.0 Å². The minimum atomic E-state index is -0.327. The Morgan fingerprint density at radius 2 is 1.93 bits per heavy atom. The van der Waals surface area contributed by atoms with E-state index in [4.69, 9.17) is 4.74 Å². The van der Waals surface area contributed by atoms with Crippen molar-refractivity contribution in [3.8, 4) is 5.88 Å². The molecule has 7 heteroatoms. The van der Waals surface area contributed by atoms with Crippen LogP contribution in [0.3, 0.4) is 0 Å². The normalized spacial score (nSPS) is 15.0. The van der Waals surface area contributed by atoms with E-state index in [1.54, 1.807) is 31.4 Å². The molecule has 0 spiro atoms. The van der Waals surface area contributed by atoms with Gasteiger partial charge in [0.15, 0.2) is 0 Å². The summed E-state index contributed by atoms with van der Waals surface area (Å²) in [4.78, 5) is 12.8. The van der Waals surface area contributed by atoms with Crippen LogP contribution in [-0.2, 0) is 7.05 Å². The van der Waals surface area contributed by atoms with Crippen LogP contribution in [0.1, 0.15) is 32.1 Å². The number of hydrogen-bond donors (Lipinski definition) is 1. The zero-order chi connectivity index (χ0) is 18.8. The fraction of sp³-hybridized carbons (Fsp3) is 0.350. The zero-order valence-electron chi connectivity index (χ0n) is 15.1. The summed E-state index contributed by atoms with van der Waals surface area (Å²) in [7, 11) is 1.69. The highest BCUT2D eigenvalue weighted by Gasteiger charge is 2.19. The van der Waals surface area contributed by atoms with Crippen molar-refractivity contribution < 1.29 is 9.13 Å². The molecule has 2 aromatic heterocycles. The third kappa shape index (κ3) is 3.63. The van der Waals surface area contributed by atoms with E-state index in [1.807, 2.05) is 0 Å². The molecule has 0 amide bonds. The highest BCUT2D eigenvalue weighted by atomic mass is 19.1. The molecule has 1 aliphatic carbocycles. The van der Waals surface area contributed by atoms with Crippen LogP contribution in [0.2, 0.25) is 0 Å². The van der Waals surface area contributed by atoms with Crippen molar-refractivity contribution in [1.82, 2.24) is 14.8 Å². The minimum absolute atomic E-state index is 0.116. The molecule has 27 heavy (non-hydrogen) atoms. The number of ether oxygens (including phenoxy) is 1. The summed E-state index contributed by atoms with van der Waals surface area (Å²) in [6.45, 7) is 0. The Labute approximate surface area is 156 Å². The maximum atomic E-state index is 13.1. The lowest BCUT2D eigenvalue weighted by Gasteiger charge is -2.23. The molecular weight excluding hydrogens is 347 g/mol. The van der Waals surface area contributed by atoms with Gasteiger partial charge < -0.3 is 14.6 Å². The van der Waals surface area contributed by atoms with E-state index in [2.05, 4.69) is 15.5 Å². The Hall–Kier alpha value is -2.96. The van der Waals surface area contributed by atoms with Crippen molar-refractivity contribution in [2.24, 2.45) is 7.05 Å². The fourth-order valence-corrected chi connectivity index (χ4v) is 3.52. The molecule has 0 atom stereocenters. The number of benzene rings is 1. The van der Waals surface area contributed by atoms with E-state index in [0.717, 1.165) is 31.1 Å². The summed E-state index contributed by atoms with van der Waals surface area (Å²) in [5.41, 5.74) is 1.43. The molecule has 1 saturated carbocycles. The van der Waals surface area contributed by atoms with Crippen LogP contribution in [0.4, 0.5) is 15.8 Å². The number of hydrogen-bond acceptors (Lipinski definition) is 5. The average molecular weight is 368 g/mol. The van der Waals surface area contributed by atoms with Crippen LogP contribution in [0.5, 0.6) is 5.88 Å². The van der Waals surface area contributed by atoms with E-state index in [9.17, 15) is 9.18 Å². The van der Waals surface area contributed by atoms with E-state index in [1.165, 1.54) is 23.1 Å². The zero-order valence-corrected chi connectivity index (χ0v) is 15.1. The molecule has 0 aliphatic heterocycles. The monoisotopic (exact) mass is 368 g/mol. The number of rotatable bonds is 4. The second-order valence-electron chi connectivity index (χ2n) is 6.89. The standard InChI is InChI=1S/C20H21FN4O2/c1-25-18-13(12-22-24-19(18)27-16-5-3-2-4-6-16)11-17(20(25)26)23-15-9-7-14(21)8-10-15/h7-12,16,23H,2-6H2,1H3. The summed E-state index contributed by atoms with van der Waals surface area (Å²) < 4.78 is 20.7. The first-order valence-electron chi connectivity index (χ1n) is 9.16. The Kier molecular flexibility index (Phi) is 4.75. The van der Waals surface area contributed by atoms with E-state index >= 15 is 0 Å². The summed E-state index contributed by atoms with van der Waals surface area (Å²) in [6, 6.07) is 7.58. The van der Waals surface area contributed by atoms with E-state index < -0.39 is 0 Å². The highest BCUT2D eigenvalue weighted by Crippen LogP contribution is 2.27. The van der Waals surface area contributed by atoms with Crippen LogP contribution < -0.4 is 15.6 Å². The second kappa shape index (κ2) is 7.34. The molecule has 0 bridgehead atoms. The van der Waals surface area contributed by atoms with Crippen molar-refractivity contribution in [3.05, 3.63) is 52.7 Å². The van der Waals surface area contributed by atoms with Gasteiger partial charge in [-0.1, -0.05) is 6.42 Å². The summed E-state index contributed by atoms with van der Waals surface area (Å²) in [5.74, 6) is 0.0686. The maximum Gasteiger partial charge on any atom is 0.274 e. The number of nitrogens with one attached hydrogen (secondary N) is 1. The number of anilines is 2. The van der Waals surface area contributed by atoms with Gasteiger partial charge in [0.1, 0.15) is 23.1 Å². The van der Waals surface area contributed by atoms with Gasteiger partial charge in [0.2, 0.25) is 0 Å². The Morgan fingerprint density at radius 3 is 2.67 bits per heavy atom. The van der Waals surface area contributed by atoms with Crippen molar-refractivity contribution in [3.63, 3.8) is 0 Å². The van der Waals surface area contributed by atoms with Crippen molar-refractivity contribution >= 4 is 22.3 Å². The van der Waals surface area contributed by atoms with Gasteiger partial charge in [-0.05, 0) is 56.0 Å². The van der Waals surface area contributed by atoms with Crippen LogP contribution in [0, 0.1) is 5.82 Å². The van der Waals surface area contributed by atoms with Crippen molar-refractivity contribution in [1.29, 1.82) is 0 Å². The predicted octanol–water partition coefficient (Wildman–Crippen LogP) is 3.92. The summed E-state index contributed by atoms with van der Waals surface area (Å²) in [5, 5.41) is 12.0. The lowest BCUT2D eigenvalue weighted by atomic mass is 9.98. The fourth-order valence-electron chi connectivity index (χ4n) is 3.52. The average Bonchev–Trinajstić information content (AvgIpc) is 2.68. The smallest absolute Gasteiger partial charge is 0.274 e. The van der Waals surface area contributed by atoms with Crippen LogP contribution >= 0.6 is 0 Å². The molecule has 6 nitrogen and oxygen atoms in total. The van der Waals surface area contributed by atoms with E-state index in [0.29, 0.717) is 22.8 Å². The highest BCUT2D eigenvalue weighted by molar-refractivity contribution is 5.85. The number of nitrogens with zero attached hydrogens (tertiary/aromatic N) is 3. The van der Waals surface area contributed by atoms with Gasteiger partial charge in [-0.2, -0.15) is 5.10 Å². The van der Waals surface area contributed by atoms with Crippen LogP contribution in [0.25, 0.3) is 10.9 Å². The molecule has 0 unspecified atom stereocenters. The molecule has 0 radical (unpaired) electrons. The molecule has 1 fully saturated rings. The predicted molar refractivity (Wildman–Crippen MR) is 102 cm³/mol. The number of aryl methyl sites for hydroxylation is 1. The maximum absolute atomic E-state index is 13.1. The molecule has 1 N–H and O–H groups in total. The largest absolute Gasteiger partial charge is 0.472 e. The van der Waals surface area contributed by atoms with Crippen molar-refractivity contribution in [2.75, 3.05) is 5.32 Å². The number of pyridine rings is 1. The van der Waals surface area contributed by atoms with Crippen LogP contribution in [0.15, 0.2) is 41.3 Å². The third-order valence-electron chi connectivity index (χ3n) is 4.95. The molecule has 1 aliphatic rings. The second-order valence-corrected chi connectivity index (χ2v) is 6.89. The molecule has 3 aromatic rings. The van der Waals surface area contributed by atoms with Gasteiger partial charge in [0.25, 0.3) is 11.4 Å². The first-order chi connectivity index (χ1) is 13.1. The van der Waals surface area contributed by atoms with Crippen molar-refractivity contribution in [2.45, 2.75) is 38.2 Å². The molecule has 140 valence electrons. The lowest BCUT2D eigenvalue weighted by Crippen LogP contribution is -2.24. The SMILES string of the molecule is Cn1c(=O)c(Nc2ccc(F)cc2)cc2cnnc(OC3CCCCC3)c21. The Balaban J connectivity index is 1.71. The van der Waals surface area contributed by atoms with E-state index in [-0.39, 0.29) is 17.5 Å². The van der Waals surface area contributed by atoms with Gasteiger partial charge in [-0.3, -0.25) is 4.79 Å². The first-order valence-corrected chi connectivity index (χ1v) is 9.16. The van der Waals surface area contributed by atoms with Gasteiger partial charge >= 0.3 is 0 Å². The number of aromatic nitrogens is 3. The van der Waals surface area contributed by atoms with Gasteiger partial charge in [0, 0.05) is 18.1 Å². The number of halogens is 1. The Bertz CT molecular complexity index is 1010. The minimum Gasteiger partial charge on any atom is -0.472 e. The molecule has 0 saturated heterocycles. The summed E-state index contributed by atoms with van der Waals surface area (Å²) in [6.07, 6.45) is 7.25. The summed E-state index contributed by atoms with van der Waals surface area (Å²) >= 11 is 0. The Morgan fingerprint density at radius 1 is 1.19 bits per heavy atom. The lowest BCUT2D eigenvalue weighted by molar-refractivity contribution is 0.149. The third-order valence-corrected chi connectivity index (χ3v) is 4.95. The van der Waals surface area contributed by atoms with Gasteiger partial charge in [-0.15, -0.1) is 5.10 Å². The molecule has 4 rings (SSSR count). The molecule has 1 aromatic carbocycles. The first kappa shape index (κ1) is 17.5. The molecular formula is C20H21FN4O2. The number of fused-ring (bicyclic) bond motifs is 1. The van der Waals surface area contributed by atoms with Gasteiger partial charge in [0.05, 0.1) is 6.20 Å². The van der Waals surface area contributed by atoms with Gasteiger partial charge in [-0.25, -0.2) is 4.39 Å². The molecule has 2 heterocycles. The quantitative estimate of drug-likeness (QED) is 0.756.